The maximum absolute atomic E-state index is 12.7. The van der Waals surface area contributed by atoms with Crippen LogP contribution in [-0.2, 0) is 22.7 Å². The molecular formula is C15H23F3N4O2S. The summed E-state index contributed by atoms with van der Waals surface area (Å²) in [5.74, 6) is 0.348. The predicted octanol–water partition coefficient (Wildman–Crippen LogP) is 1.70. The van der Waals surface area contributed by atoms with Gasteiger partial charge in [0, 0.05) is 25.7 Å². The summed E-state index contributed by atoms with van der Waals surface area (Å²) in [6, 6.07) is 4.99. The summed E-state index contributed by atoms with van der Waals surface area (Å²) < 4.78 is 63.2. The Hall–Kier alpha value is -1.81. The first kappa shape index (κ1) is 21.2. The van der Waals surface area contributed by atoms with Gasteiger partial charge in [-0.1, -0.05) is 12.1 Å². The summed E-state index contributed by atoms with van der Waals surface area (Å²) in [4.78, 5) is 3.97. The van der Waals surface area contributed by atoms with Crippen molar-refractivity contribution < 1.29 is 21.6 Å². The van der Waals surface area contributed by atoms with Crippen molar-refractivity contribution in [3.05, 3.63) is 35.4 Å². The van der Waals surface area contributed by atoms with Crippen LogP contribution < -0.4 is 15.4 Å². The monoisotopic (exact) mass is 380 g/mol. The van der Waals surface area contributed by atoms with E-state index in [4.69, 9.17) is 0 Å². The number of hydrogen-bond donors (Lipinski definition) is 3. The number of rotatable bonds is 6. The molecule has 0 spiro atoms. The van der Waals surface area contributed by atoms with Gasteiger partial charge < -0.3 is 10.6 Å². The zero-order chi connectivity index (χ0) is 19.3. The highest BCUT2D eigenvalue weighted by molar-refractivity contribution is 7.88. The van der Waals surface area contributed by atoms with E-state index in [-0.39, 0.29) is 13.1 Å². The number of benzene rings is 1. The number of hydrogen-bond acceptors (Lipinski definition) is 3. The van der Waals surface area contributed by atoms with Crippen LogP contribution in [0.3, 0.4) is 0 Å². The first-order valence-corrected chi connectivity index (χ1v) is 9.31. The van der Waals surface area contributed by atoms with Gasteiger partial charge in [-0.15, -0.1) is 0 Å². The van der Waals surface area contributed by atoms with Gasteiger partial charge in [-0.2, -0.15) is 13.2 Å². The van der Waals surface area contributed by atoms with Crippen molar-refractivity contribution in [2.24, 2.45) is 4.99 Å². The van der Waals surface area contributed by atoms with Crippen LogP contribution >= 0.6 is 0 Å². The molecule has 0 aromatic heterocycles. The average molecular weight is 380 g/mol. The second kappa shape index (κ2) is 8.05. The molecule has 142 valence electrons. The van der Waals surface area contributed by atoms with Crippen molar-refractivity contribution in [1.29, 1.82) is 0 Å². The van der Waals surface area contributed by atoms with Gasteiger partial charge in [-0.05, 0) is 31.5 Å². The molecule has 1 aromatic rings. The van der Waals surface area contributed by atoms with Crippen LogP contribution in [0.1, 0.15) is 25.0 Å². The van der Waals surface area contributed by atoms with Gasteiger partial charge >= 0.3 is 6.18 Å². The van der Waals surface area contributed by atoms with Gasteiger partial charge in [-0.25, -0.2) is 13.1 Å². The predicted molar refractivity (Wildman–Crippen MR) is 91.7 cm³/mol. The van der Waals surface area contributed by atoms with Crippen LogP contribution in [0.2, 0.25) is 0 Å². The molecule has 0 aliphatic carbocycles. The number of alkyl halides is 3. The molecule has 10 heteroatoms. The van der Waals surface area contributed by atoms with Gasteiger partial charge in [0.2, 0.25) is 10.0 Å². The Kier molecular flexibility index (Phi) is 6.83. The van der Waals surface area contributed by atoms with Crippen molar-refractivity contribution >= 4 is 16.0 Å². The molecule has 0 radical (unpaired) electrons. The molecule has 0 atom stereocenters. The van der Waals surface area contributed by atoms with E-state index in [0.29, 0.717) is 11.5 Å². The van der Waals surface area contributed by atoms with Crippen molar-refractivity contribution in [3.8, 4) is 0 Å². The quantitative estimate of drug-likeness (QED) is 0.518. The minimum atomic E-state index is -4.39. The zero-order valence-corrected chi connectivity index (χ0v) is 15.3. The summed E-state index contributed by atoms with van der Waals surface area (Å²) >= 11 is 0. The van der Waals surface area contributed by atoms with Gasteiger partial charge in [0.15, 0.2) is 5.96 Å². The van der Waals surface area contributed by atoms with Crippen molar-refractivity contribution in [3.63, 3.8) is 0 Å². The third-order valence-corrected chi connectivity index (χ3v) is 4.02. The van der Waals surface area contributed by atoms with E-state index in [2.05, 4.69) is 20.3 Å². The molecule has 0 saturated carbocycles. The molecule has 1 aromatic carbocycles. The van der Waals surface area contributed by atoms with E-state index in [1.165, 1.54) is 13.1 Å². The Balaban J connectivity index is 2.64. The third kappa shape index (κ3) is 8.21. The number of sulfonamides is 1. The standard InChI is InChI=1S/C15H23F3N4O2S/c1-14(2,22-25(4,23)24)10-21-13(19-3)20-9-11-6-5-7-12(8-11)15(16,17)18/h5-8,22H,9-10H2,1-4H3,(H2,19,20,21). The van der Waals surface area contributed by atoms with Crippen LogP contribution in [0, 0.1) is 0 Å². The van der Waals surface area contributed by atoms with Gasteiger partial charge in [0.1, 0.15) is 0 Å². The minimum absolute atomic E-state index is 0.142. The topological polar surface area (TPSA) is 82.6 Å². The van der Waals surface area contributed by atoms with E-state index < -0.39 is 27.3 Å². The van der Waals surface area contributed by atoms with Crippen molar-refractivity contribution in [2.75, 3.05) is 19.8 Å². The van der Waals surface area contributed by atoms with Crippen molar-refractivity contribution in [1.82, 2.24) is 15.4 Å². The lowest BCUT2D eigenvalue weighted by molar-refractivity contribution is -0.137. The number of aliphatic imine (C=N–C) groups is 1. The summed E-state index contributed by atoms with van der Waals surface area (Å²) in [7, 11) is -1.85. The fourth-order valence-corrected chi connectivity index (χ4v) is 3.18. The lowest BCUT2D eigenvalue weighted by atomic mass is 10.1. The molecule has 0 unspecified atom stereocenters. The number of halogens is 3. The Labute approximate surface area is 146 Å². The Bertz CT molecular complexity index is 716. The highest BCUT2D eigenvalue weighted by Crippen LogP contribution is 2.29. The lowest BCUT2D eigenvalue weighted by Gasteiger charge is -2.26. The molecule has 0 amide bonds. The number of guanidine groups is 1. The SMILES string of the molecule is CN=C(NCc1cccc(C(F)(F)F)c1)NCC(C)(C)NS(C)(=O)=O. The maximum Gasteiger partial charge on any atom is 0.416 e. The fraction of sp³-hybridized carbons (Fsp3) is 0.533. The van der Waals surface area contributed by atoms with Crippen LogP contribution in [0.25, 0.3) is 0 Å². The summed E-state index contributed by atoms with van der Waals surface area (Å²) in [5.41, 5.74) is -1.03. The molecule has 6 nitrogen and oxygen atoms in total. The molecule has 0 bridgehead atoms. The first-order valence-electron chi connectivity index (χ1n) is 7.42. The largest absolute Gasteiger partial charge is 0.416 e. The van der Waals surface area contributed by atoms with Crippen LogP contribution in [0.15, 0.2) is 29.3 Å². The highest BCUT2D eigenvalue weighted by Gasteiger charge is 2.30. The molecule has 0 fully saturated rings. The smallest absolute Gasteiger partial charge is 0.355 e. The van der Waals surface area contributed by atoms with Crippen LogP contribution in [0.5, 0.6) is 0 Å². The first-order chi connectivity index (χ1) is 11.3. The maximum atomic E-state index is 12.7. The van der Waals surface area contributed by atoms with E-state index in [0.717, 1.165) is 18.4 Å². The third-order valence-electron chi connectivity index (χ3n) is 3.10. The molecule has 0 aliphatic heterocycles. The number of nitrogens with one attached hydrogen (secondary N) is 3. The summed E-state index contributed by atoms with van der Waals surface area (Å²) in [6.07, 6.45) is -3.33. The summed E-state index contributed by atoms with van der Waals surface area (Å²) in [6.45, 7) is 3.77. The van der Waals surface area contributed by atoms with E-state index >= 15 is 0 Å². The molecule has 1 rings (SSSR count). The lowest BCUT2D eigenvalue weighted by Crippen LogP contribution is -2.52. The van der Waals surface area contributed by atoms with Gasteiger partial charge in [-0.3, -0.25) is 4.99 Å². The zero-order valence-electron chi connectivity index (χ0n) is 14.5. The van der Waals surface area contributed by atoms with Crippen molar-refractivity contribution in [2.45, 2.75) is 32.1 Å². The second-order valence-electron chi connectivity index (χ2n) is 6.24. The highest BCUT2D eigenvalue weighted by atomic mass is 32.2. The molecular weight excluding hydrogens is 357 g/mol. The molecule has 0 heterocycles. The summed E-state index contributed by atoms with van der Waals surface area (Å²) in [5, 5.41) is 5.83. The molecule has 25 heavy (non-hydrogen) atoms. The molecule has 0 aliphatic rings. The van der Waals surface area contributed by atoms with Crippen LogP contribution in [-0.4, -0.2) is 39.8 Å². The van der Waals surface area contributed by atoms with Crippen LogP contribution in [0.4, 0.5) is 13.2 Å². The van der Waals surface area contributed by atoms with E-state index in [1.54, 1.807) is 19.9 Å². The number of nitrogens with zero attached hydrogens (tertiary/aromatic N) is 1. The Morgan fingerprint density at radius 2 is 1.84 bits per heavy atom. The van der Waals surface area contributed by atoms with Gasteiger partial charge in [0.25, 0.3) is 0 Å². The normalized spacial score (nSPS) is 13.6. The van der Waals surface area contributed by atoms with Gasteiger partial charge in [0.05, 0.1) is 11.8 Å². The molecule has 0 saturated heterocycles. The molecule has 3 N–H and O–H groups in total. The van der Waals surface area contributed by atoms with E-state index in [9.17, 15) is 21.6 Å². The van der Waals surface area contributed by atoms with E-state index in [1.807, 2.05) is 0 Å². The fourth-order valence-electron chi connectivity index (χ4n) is 2.11. The second-order valence-corrected chi connectivity index (χ2v) is 7.98. The average Bonchev–Trinajstić information content (AvgIpc) is 2.44. The Morgan fingerprint density at radius 1 is 1.20 bits per heavy atom. The Morgan fingerprint density at radius 3 is 2.36 bits per heavy atom. The minimum Gasteiger partial charge on any atom is -0.355 e.